The van der Waals surface area contributed by atoms with Crippen molar-refractivity contribution < 1.29 is 18.4 Å². The van der Waals surface area contributed by atoms with Gasteiger partial charge in [0.05, 0.1) is 30.0 Å². The van der Waals surface area contributed by atoms with Gasteiger partial charge in [0, 0.05) is 25.0 Å². The predicted octanol–water partition coefficient (Wildman–Crippen LogP) is 2.10. The van der Waals surface area contributed by atoms with Crippen molar-refractivity contribution in [2.75, 3.05) is 26.3 Å². The third kappa shape index (κ3) is 4.32. The minimum Gasteiger partial charge on any atom is -0.378 e. The van der Waals surface area contributed by atoms with E-state index in [4.69, 9.17) is 4.74 Å². The van der Waals surface area contributed by atoms with Crippen LogP contribution in [0.5, 0.6) is 0 Å². The van der Waals surface area contributed by atoms with Gasteiger partial charge in [0.1, 0.15) is 0 Å². The molecule has 8 nitrogen and oxygen atoms in total. The van der Waals surface area contributed by atoms with Crippen molar-refractivity contribution in [1.29, 1.82) is 0 Å². The van der Waals surface area contributed by atoms with Gasteiger partial charge in [-0.05, 0) is 24.3 Å². The highest BCUT2D eigenvalue weighted by atomic mass is 32.2. The van der Waals surface area contributed by atoms with Crippen LogP contribution in [0.25, 0.3) is 0 Å². The van der Waals surface area contributed by atoms with E-state index in [1.165, 1.54) is 24.5 Å². The molecule has 1 aromatic rings. The van der Waals surface area contributed by atoms with Crippen LogP contribution in [0.1, 0.15) is 0 Å². The first-order chi connectivity index (χ1) is 12.1. The van der Waals surface area contributed by atoms with Crippen LogP contribution in [0, 0.1) is 0 Å². The lowest BCUT2D eigenvalue weighted by Crippen LogP contribution is -2.36. The quantitative estimate of drug-likeness (QED) is 0.824. The predicted molar refractivity (Wildman–Crippen MR) is 89.8 cm³/mol. The number of benzene rings is 1. The van der Waals surface area contributed by atoms with Gasteiger partial charge in [-0.25, -0.2) is 5.06 Å². The molecule has 0 amide bonds. The summed E-state index contributed by atoms with van der Waals surface area (Å²) in [6.07, 6.45) is 6.14. The largest absolute Gasteiger partial charge is 0.378 e. The Labute approximate surface area is 146 Å². The van der Waals surface area contributed by atoms with E-state index >= 15 is 0 Å². The van der Waals surface area contributed by atoms with Crippen molar-refractivity contribution in [2.24, 2.45) is 9.63 Å². The SMILES string of the molecule is O=S(=O)(N=N/C=C1\C=C(N2CCOCC2)C=CN1O)c1ccccc1. The molecule has 0 saturated carbocycles. The van der Waals surface area contributed by atoms with Gasteiger partial charge in [-0.1, -0.05) is 22.7 Å². The minimum absolute atomic E-state index is 0.0612. The molecule has 0 unspecified atom stereocenters. The lowest BCUT2D eigenvalue weighted by Gasteiger charge is -2.31. The van der Waals surface area contributed by atoms with Gasteiger partial charge >= 0.3 is 0 Å². The van der Waals surface area contributed by atoms with Crippen molar-refractivity contribution in [1.82, 2.24) is 9.96 Å². The Bertz CT molecular complexity index is 825. The Morgan fingerprint density at radius 3 is 2.60 bits per heavy atom. The fourth-order valence-electron chi connectivity index (χ4n) is 2.40. The summed E-state index contributed by atoms with van der Waals surface area (Å²) in [6.45, 7) is 2.78. The average Bonchev–Trinajstić information content (AvgIpc) is 2.64. The van der Waals surface area contributed by atoms with Crippen molar-refractivity contribution in [3.05, 3.63) is 66.3 Å². The topological polar surface area (TPSA) is 94.8 Å². The number of ether oxygens (including phenoxy) is 1. The molecule has 1 fully saturated rings. The number of hydrogen-bond acceptors (Lipinski definition) is 7. The second kappa shape index (κ2) is 7.60. The number of allylic oxidation sites excluding steroid dienone is 2. The molecular weight excluding hydrogens is 344 g/mol. The summed E-state index contributed by atoms with van der Waals surface area (Å²) in [7, 11) is -3.86. The summed E-state index contributed by atoms with van der Waals surface area (Å²) < 4.78 is 32.8. The molecule has 0 radical (unpaired) electrons. The highest BCUT2D eigenvalue weighted by Gasteiger charge is 2.17. The van der Waals surface area contributed by atoms with Gasteiger partial charge in [-0.15, -0.1) is 5.11 Å². The molecule has 3 rings (SSSR count). The van der Waals surface area contributed by atoms with Crippen LogP contribution < -0.4 is 0 Å². The third-order valence-electron chi connectivity index (χ3n) is 3.71. The molecule has 2 aliphatic heterocycles. The Morgan fingerprint density at radius 1 is 1.16 bits per heavy atom. The second-order valence-electron chi connectivity index (χ2n) is 5.37. The second-order valence-corrected chi connectivity index (χ2v) is 6.95. The zero-order valence-electron chi connectivity index (χ0n) is 13.4. The minimum atomic E-state index is -3.86. The summed E-state index contributed by atoms with van der Waals surface area (Å²) in [5, 5.41) is 14.4. The fraction of sp³-hybridized carbons (Fsp3) is 0.250. The standard InChI is InChI=1S/C16H18N4O4S/c21-20-7-6-14(19-8-10-24-11-9-19)12-15(20)13-17-18-25(22,23)16-4-2-1-3-5-16/h1-7,12-13,21H,8-11H2/b15-13+,18-17?. The van der Waals surface area contributed by atoms with Crippen molar-refractivity contribution in [3.63, 3.8) is 0 Å². The van der Waals surface area contributed by atoms with E-state index in [0.717, 1.165) is 23.8 Å². The number of hydrogen-bond donors (Lipinski definition) is 1. The molecule has 9 heteroatoms. The van der Waals surface area contributed by atoms with Gasteiger partial charge in [-0.3, -0.25) is 5.21 Å². The molecule has 2 heterocycles. The molecule has 132 valence electrons. The van der Waals surface area contributed by atoms with E-state index in [0.29, 0.717) is 18.9 Å². The average molecular weight is 362 g/mol. The van der Waals surface area contributed by atoms with Crippen molar-refractivity contribution in [3.8, 4) is 0 Å². The van der Waals surface area contributed by atoms with E-state index in [1.807, 2.05) is 0 Å². The van der Waals surface area contributed by atoms with Gasteiger partial charge in [0.25, 0.3) is 10.0 Å². The molecule has 0 spiro atoms. The van der Waals surface area contributed by atoms with Crippen LogP contribution in [0.4, 0.5) is 0 Å². The first-order valence-corrected chi connectivity index (χ1v) is 9.13. The molecule has 2 aliphatic rings. The van der Waals surface area contributed by atoms with Gasteiger partial charge < -0.3 is 9.64 Å². The number of rotatable bonds is 4. The molecule has 1 saturated heterocycles. The monoisotopic (exact) mass is 362 g/mol. The number of hydroxylamine groups is 2. The maximum atomic E-state index is 12.0. The highest BCUT2D eigenvalue weighted by Crippen LogP contribution is 2.20. The van der Waals surface area contributed by atoms with Crippen molar-refractivity contribution in [2.45, 2.75) is 4.90 Å². The van der Waals surface area contributed by atoms with E-state index in [-0.39, 0.29) is 4.90 Å². The molecule has 0 atom stereocenters. The summed E-state index contributed by atoms with van der Waals surface area (Å²) in [4.78, 5) is 2.17. The molecule has 25 heavy (non-hydrogen) atoms. The number of morpholine rings is 1. The smallest absolute Gasteiger partial charge is 0.299 e. The van der Waals surface area contributed by atoms with E-state index in [2.05, 4.69) is 14.5 Å². The first kappa shape index (κ1) is 17.3. The Kier molecular flexibility index (Phi) is 5.27. The van der Waals surface area contributed by atoms with Gasteiger partial charge in [-0.2, -0.15) is 8.42 Å². The zero-order valence-corrected chi connectivity index (χ0v) is 14.2. The molecule has 1 N–H and O–H groups in total. The first-order valence-electron chi connectivity index (χ1n) is 7.69. The number of sulfonamides is 1. The molecule has 0 aromatic heterocycles. The molecule has 0 bridgehead atoms. The van der Waals surface area contributed by atoms with E-state index in [9.17, 15) is 13.6 Å². The Balaban J connectivity index is 1.77. The van der Waals surface area contributed by atoms with Crippen LogP contribution in [0.15, 0.2) is 80.8 Å². The summed E-state index contributed by atoms with van der Waals surface area (Å²) >= 11 is 0. The molecule has 0 aliphatic carbocycles. The van der Waals surface area contributed by atoms with Crippen LogP contribution in [0.3, 0.4) is 0 Å². The lowest BCUT2D eigenvalue weighted by molar-refractivity contribution is -0.00244. The normalized spacial score (nSPS) is 20.4. The van der Waals surface area contributed by atoms with Crippen LogP contribution in [-0.4, -0.2) is 49.9 Å². The van der Waals surface area contributed by atoms with E-state index < -0.39 is 10.0 Å². The molecule has 1 aromatic carbocycles. The molecular formula is C16H18N4O4S. The third-order valence-corrected chi connectivity index (χ3v) is 4.89. The highest BCUT2D eigenvalue weighted by molar-refractivity contribution is 7.90. The lowest BCUT2D eigenvalue weighted by atomic mass is 10.2. The Morgan fingerprint density at radius 2 is 1.88 bits per heavy atom. The zero-order chi connectivity index (χ0) is 17.7. The van der Waals surface area contributed by atoms with E-state index in [1.54, 1.807) is 30.4 Å². The fourth-order valence-corrected chi connectivity index (χ4v) is 3.16. The van der Waals surface area contributed by atoms with Crippen molar-refractivity contribution >= 4 is 10.0 Å². The van der Waals surface area contributed by atoms with Gasteiger partial charge in [0.2, 0.25) is 0 Å². The summed E-state index contributed by atoms with van der Waals surface area (Å²) in [5.74, 6) is 0. The Hall–Kier alpha value is -2.49. The van der Waals surface area contributed by atoms with Crippen LogP contribution >= 0.6 is 0 Å². The summed E-state index contributed by atoms with van der Waals surface area (Å²) in [5.41, 5.74) is 1.21. The maximum Gasteiger partial charge on any atom is 0.299 e. The number of nitrogens with zero attached hydrogens (tertiary/aromatic N) is 4. The van der Waals surface area contributed by atoms with Crippen LogP contribution in [0.2, 0.25) is 0 Å². The van der Waals surface area contributed by atoms with Crippen LogP contribution in [-0.2, 0) is 14.8 Å². The summed E-state index contributed by atoms with van der Waals surface area (Å²) in [6, 6.07) is 7.83. The van der Waals surface area contributed by atoms with Gasteiger partial charge in [0.15, 0.2) is 0 Å². The maximum absolute atomic E-state index is 12.0.